The number of rotatable bonds is 3. The van der Waals surface area contributed by atoms with Crippen LogP contribution in [0.4, 0.5) is 4.39 Å². The molecule has 0 aliphatic carbocycles. The molecule has 1 aliphatic heterocycles. The predicted octanol–water partition coefficient (Wildman–Crippen LogP) is 0.679. The van der Waals surface area contributed by atoms with E-state index in [1.54, 1.807) is 11.4 Å². The van der Waals surface area contributed by atoms with Gasteiger partial charge < -0.3 is 15.7 Å². The third kappa shape index (κ3) is 2.65. The van der Waals surface area contributed by atoms with E-state index in [1.165, 1.54) is 16.2 Å². The molecule has 2 heterocycles. The lowest BCUT2D eigenvalue weighted by atomic mass is 10.1. The molecular weight excluding hydrogens is 243 g/mol. The van der Waals surface area contributed by atoms with Crippen LogP contribution >= 0.6 is 11.3 Å². The van der Waals surface area contributed by atoms with Crippen molar-refractivity contribution in [2.24, 2.45) is 5.73 Å². The average molecular weight is 258 g/mol. The van der Waals surface area contributed by atoms with Gasteiger partial charge in [-0.25, -0.2) is 4.39 Å². The number of halogens is 1. The summed E-state index contributed by atoms with van der Waals surface area (Å²) in [5.74, 6) is -0.385. The largest absolute Gasteiger partial charge is 0.386 e. The van der Waals surface area contributed by atoms with Gasteiger partial charge in [0.05, 0.1) is 6.54 Å². The van der Waals surface area contributed by atoms with E-state index in [0.29, 0.717) is 18.5 Å². The second kappa shape index (κ2) is 5.12. The Morgan fingerprint density at radius 3 is 3.00 bits per heavy atom. The van der Waals surface area contributed by atoms with E-state index in [-0.39, 0.29) is 12.5 Å². The number of hydrogen-bond acceptors (Lipinski definition) is 4. The molecule has 1 aromatic heterocycles. The Balaban J connectivity index is 2.00. The molecule has 94 valence electrons. The fourth-order valence-corrected chi connectivity index (χ4v) is 2.60. The predicted molar refractivity (Wildman–Crippen MR) is 63.3 cm³/mol. The van der Waals surface area contributed by atoms with Crippen LogP contribution < -0.4 is 5.73 Å². The summed E-state index contributed by atoms with van der Waals surface area (Å²) in [6, 6.07) is 0.708. The van der Waals surface area contributed by atoms with Crippen LogP contribution in [0, 0.1) is 0 Å². The quantitative estimate of drug-likeness (QED) is 0.838. The van der Waals surface area contributed by atoms with E-state index in [4.69, 9.17) is 5.73 Å². The summed E-state index contributed by atoms with van der Waals surface area (Å²) in [4.78, 5) is 13.3. The highest BCUT2D eigenvalue weighted by Gasteiger charge is 2.32. The van der Waals surface area contributed by atoms with Crippen molar-refractivity contribution in [1.29, 1.82) is 0 Å². The lowest BCUT2D eigenvalue weighted by Gasteiger charge is -2.23. The van der Waals surface area contributed by atoms with Crippen LogP contribution in [0.3, 0.4) is 0 Å². The number of nitrogens with zero attached hydrogens (tertiary/aromatic N) is 1. The minimum atomic E-state index is -1.02. The Bertz CT molecular complexity index is 385. The van der Waals surface area contributed by atoms with Crippen LogP contribution in [0.15, 0.2) is 16.8 Å². The monoisotopic (exact) mass is 258 g/mol. The van der Waals surface area contributed by atoms with Gasteiger partial charge >= 0.3 is 0 Å². The lowest BCUT2D eigenvalue weighted by molar-refractivity contribution is -0.134. The summed E-state index contributed by atoms with van der Waals surface area (Å²) < 4.78 is 13.0. The Morgan fingerprint density at radius 1 is 1.71 bits per heavy atom. The molecule has 0 saturated carbocycles. The van der Waals surface area contributed by atoms with Crippen molar-refractivity contribution < 1.29 is 14.3 Å². The van der Waals surface area contributed by atoms with Gasteiger partial charge in [-0.15, -0.1) is 0 Å². The molecule has 0 radical (unpaired) electrons. The molecular formula is C11H15FN2O2S. The lowest BCUT2D eigenvalue weighted by Crippen LogP contribution is -2.46. The average Bonchev–Trinajstić information content (AvgIpc) is 2.96. The van der Waals surface area contributed by atoms with Crippen molar-refractivity contribution in [2.45, 2.75) is 24.7 Å². The molecule has 1 saturated heterocycles. The van der Waals surface area contributed by atoms with E-state index in [2.05, 4.69) is 0 Å². The van der Waals surface area contributed by atoms with Crippen molar-refractivity contribution in [3.63, 3.8) is 0 Å². The van der Waals surface area contributed by atoms with Crippen molar-refractivity contribution in [3.8, 4) is 0 Å². The number of amides is 1. The van der Waals surface area contributed by atoms with E-state index < -0.39 is 18.3 Å². The van der Waals surface area contributed by atoms with Crippen LogP contribution in [0.2, 0.25) is 0 Å². The zero-order valence-electron chi connectivity index (χ0n) is 9.25. The van der Waals surface area contributed by atoms with Gasteiger partial charge in [0.2, 0.25) is 5.91 Å². The van der Waals surface area contributed by atoms with Gasteiger partial charge in [-0.05, 0) is 28.8 Å². The fourth-order valence-electron chi connectivity index (χ4n) is 1.91. The molecule has 0 bridgehead atoms. The molecule has 2 rings (SSSR count). The molecule has 1 amide bonds. The summed E-state index contributed by atoms with van der Waals surface area (Å²) in [5, 5.41) is 13.5. The Kier molecular flexibility index (Phi) is 3.76. The number of carbonyl (C=O) groups is 1. The first-order valence-electron chi connectivity index (χ1n) is 5.48. The molecule has 17 heavy (non-hydrogen) atoms. The number of likely N-dealkylation sites (tertiary alicyclic amines) is 1. The summed E-state index contributed by atoms with van der Waals surface area (Å²) in [6.45, 7) is 0.465. The number of nitrogens with two attached hydrogens (primary N) is 1. The first-order chi connectivity index (χ1) is 8.09. The highest BCUT2D eigenvalue weighted by atomic mass is 32.1. The van der Waals surface area contributed by atoms with Gasteiger partial charge in [-0.1, -0.05) is 0 Å². The highest BCUT2D eigenvalue weighted by Crippen LogP contribution is 2.21. The molecule has 1 aromatic rings. The standard InChI is InChI=1S/C11H15FN2O2S/c12-8-1-3-14(5-8)11(16)9(13)10(15)7-2-4-17-6-7/h2,4,6,8-10,15H,1,3,5,13H2/t8-,9+,10-/m0/s1. The van der Waals surface area contributed by atoms with Gasteiger partial charge in [0, 0.05) is 6.54 Å². The zero-order chi connectivity index (χ0) is 12.4. The van der Waals surface area contributed by atoms with Gasteiger partial charge in [-0.3, -0.25) is 4.79 Å². The molecule has 1 fully saturated rings. The van der Waals surface area contributed by atoms with Crippen LogP contribution in [0.25, 0.3) is 0 Å². The Hall–Kier alpha value is -0.980. The van der Waals surface area contributed by atoms with E-state index in [1.807, 2.05) is 5.38 Å². The number of carbonyl (C=O) groups excluding carboxylic acids is 1. The Morgan fingerprint density at radius 2 is 2.47 bits per heavy atom. The first-order valence-corrected chi connectivity index (χ1v) is 6.42. The van der Waals surface area contributed by atoms with Crippen molar-refractivity contribution in [3.05, 3.63) is 22.4 Å². The maximum Gasteiger partial charge on any atom is 0.242 e. The van der Waals surface area contributed by atoms with Crippen LogP contribution in [0.1, 0.15) is 18.1 Å². The summed E-state index contributed by atoms with van der Waals surface area (Å²) >= 11 is 1.43. The van der Waals surface area contributed by atoms with Gasteiger partial charge in [0.15, 0.2) is 0 Å². The third-order valence-electron chi connectivity index (χ3n) is 2.95. The number of aliphatic hydroxyl groups is 1. The summed E-state index contributed by atoms with van der Waals surface area (Å²) in [5.41, 5.74) is 6.35. The number of hydrogen-bond donors (Lipinski definition) is 2. The van der Waals surface area contributed by atoms with Crippen LogP contribution in [-0.2, 0) is 4.79 Å². The summed E-state index contributed by atoms with van der Waals surface area (Å²) in [6.07, 6.45) is -1.63. The van der Waals surface area contributed by atoms with Gasteiger partial charge in [0.1, 0.15) is 18.3 Å². The topological polar surface area (TPSA) is 66.6 Å². The van der Waals surface area contributed by atoms with Crippen molar-refractivity contribution >= 4 is 17.2 Å². The van der Waals surface area contributed by atoms with Gasteiger partial charge in [-0.2, -0.15) is 11.3 Å². The maximum absolute atomic E-state index is 13.0. The fraction of sp³-hybridized carbons (Fsp3) is 0.545. The number of thiophene rings is 1. The molecule has 1 aliphatic rings. The van der Waals surface area contributed by atoms with E-state index in [0.717, 1.165) is 0 Å². The zero-order valence-corrected chi connectivity index (χ0v) is 10.1. The normalized spacial score (nSPS) is 23.7. The van der Waals surface area contributed by atoms with E-state index >= 15 is 0 Å². The second-order valence-electron chi connectivity index (χ2n) is 4.20. The number of aliphatic hydroxyl groups excluding tert-OH is 1. The van der Waals surface area contributed by atoms with Crippen molar-refractivity contribution in [2.75, 3.05) is 13.1 Å². The van der Waals surface area contributed by atoms with Crippen LogP contribution in [-0.4, -0.2) is 41.2 Å². The molecule has 3 N–H and O–H groups in total. The molecule has 3 atom stereocenters. The molecule has 0 aromatic carbocycles. The highest BCUT2D eigenvalue weighted by molar-refractivity contribution is 7.07. The molecule has 4 nitrogen and oxygen atoms in total. The molecule has 0 spiro atoms. The first kappa shape index (κ1) is 12.5. The second-order valence-corrected chi connectivity index (χ2v) is 4.98. The third-order valence-corrected chi connectivity index (χ3v) is 3.65. The minimum absolute atomic E-state index is 0.0862. The van der Waals surface area contributed by atoms with Crippen LogP contribution in [0.5, 0.6) is 0 Å². The molecule has 0 unspecified atom stereocenters. The molecule has 6 heteroatoms. The smallest absolute Gasteiger partial charge is 0.242 e. The maximum atomic E-state index is 13.0. The van der Waals surface area contributed by atoms with Crippen molar-refractivity contribution in [1.82, 2.24) is 4.90 Å². The van der Waals surface area contributed by atoms with E-state index in [9.17, 15) is 14.3 Å². The Labute approximate surface area is 103 Å². The number of alkyl halides is 1. The summed E-state index contributed by atoms with van der Waals surface area (Å²) in [7, 11) is 0. The van der Waals surface area contributed by atoms with Gasteiger partial charge in [0.25, 0.3) is 0 Å². The minimum Gasteiger partial charge on any atom is -0.386 e. The SMILES string of the molecule is N[C@@H](C(=O)N1CC[C@H](F)C1)[C@@H](O)c1ccsc1.